The van der Waals surface area contributed by atoms with Crippen LogP contribution < -0.4 is 20.7 Å². The lowest BCUT2D eigenvalue weighted by atomic mass is 9.89. The molecule has 5 N–H and O–H groups in total. The van der Waals surface area contributed by atoms with Gasteiger partial charge in [-0.15, -0.1) is 0 Å². The number of nitrogen functional groups attached to an aromatic ring is 1. The number of benzene rings is 2. The fourth-order valence-electron chi connectivity index (χ4n) is 6.66. The minimum absolute atomic E-state index is 0.00277. The zero-order chi connectivity index (χ0) is 35.8. The minimum atomic E-state index is -0.222. The molecule has 5 rings (SSSR count). The molecule has 1 atom stereocenters. The van der Waals surface area contributed by atoms with E-state index in [2.05, 4.69) is 32.3 Å². The first kappa shape index (κ1) is 36.2. The second kappa shape index (κ2) is 16.5. The number of piperidine rings is 1. The van der Waals surface area contributed by atoms with Crippen LogP contribution >= 0.6 is 0 Å². The monoisotopic (exact) mass is 679 g/mol. The molecule has 0 unspecified atom stereocenters. The van der Waals surface area contributed by atoms with Gasteiger partial charge in [-0.25, -0.2) is 9.98 Å². The summed E-state index contributed by atoms with van der Waals surface area (Å²) in [5.74, 6) is 0.971. The lowest BCUT2D eigenvalue weighted by Crippen LogP contribution is -2.44. The molecule has 50 heavy (non-hydrogen) atoms. The van der Waals surface area contributed by atoms with Crippen LogP contribution in [0.3, 0.4) is 0 Å². The number of rotatable bonds is 12. The number of hydrogen-bond acceptors (Lipinski definition) is 8. The highest BCUT2D eigenvalue weighted by Gasteiger charge is 2.34. The van der Waals surface area contributed by atoms with Crippen LogP contribution in [0.4, 0.5) is 11.4 Å². The molecule has 264 valence electrons. The van der Waals surface area contributed by atoms with E-state index in [1.807, 2.05) is 43.9 Å². The summed E-state index contributed by atoms with van der Waals surface area (Å²) in [6.45, 7) is 9.21. The standard InChI is InChI=1S/C38H49N9O3/c1-5-47(31-11-12-33(39)32(20-31)36(40)29-10-13-34(43-21-29)50-25(2)3)38(49)30-14-17-45(22-30)23-35(48)46-18-15-27(16-19-46)26-6-8-28(9-7-26)37(41)44-24-42-4/h6-13,20-21,24-25,27,30,40H,5,14-19,22-23,39H2,1-4H3,(H2,41,42,44)/t30-/m1/s1. The summed E-state index contributed by atoms with van der Waals surface area (Å²) in [4.78, 5) is 41.3. The Kier molecular flexibility index (Phi) is 12.0. The Balaban J connectivity index is 1.14. The topological polar surface area (TPSA) is 164 Å². The number of carbonyl (C=O) groups is 2. The molecule has 3 aromatic rings. The second-order valence-electron chi connectivity index (χ2n) is 13.2. The summed E-state index contributed by atoms with van der Waals surface area (Å²) in [5, 5.41) is 19.7. The van der Waals surface area contributed by atoms with Gasteiger partial charge < -0.3 is 25.6 Å². The van der Waals surface area contributed by atoms with Crippen LogP contribution in [0, 0.1) is 16.7 Å². The van der Waals surface area contributed by atoms with Gasteiger partial charge in [-0.05, 0) is 82.3 Å². The van der Waals surface area contributed by atoms with E-state index in [1.165, 1.54) is 11.9 Å². The summed E-state index contributed by atoms with van der Waals surface area (Å²) in [7, 11) is 1.75. The Hall–Kier alpha value is -5.10. The number of anilines is 2. The third kappa shape index (κ3) is 8.73. The number of hydrogen-bond donors (Lipinski definition) is 4. The fraction of sp³-hybridized carbons (Fsp3) is 0.421. The Morgan fingerprint density at radius 2 is 1.78 bits per heavy atom. The molecule has 2 fully saturated rings. The molecule has 0 bridgehead atoms. The van der Waals surface area contributed by atoms with Crippen LogP contribution in [0.25, 0.3) is 0 Å². The van der Waals surface area contributed by atoms with Crippen LogP contribution in [0.2, 0.25) is 0 Å². The predicted octanol–water partition coefficient (Wildman–Crippen LogP) is 4.52. The van der Waals surface area contributed by atoms with Crippen molar-refractivity contribution < 1.29 is 14.3 Å². The zero-order valence-corrected chi connectivity index (χ0v) is 29.5. The van der Waals surface area contributed by atoms with E-state index < -0.39 is 0 Å². The molecular formula is C38H49N9O3. The predicted molar refractivity (Wildman–Crippen MR) is 199 cm³/mol. The van der Waals surface area contributed by atoms with E-state index in [0.717, 1.165) is 18.4 Å². The first-order chi connectivity index (χ1) is 24.1. The van der Waals surface area contributed by atoms with Crippen molar-refractivity contribution in [1.29, 1.82) is 10.8 Å². The lowest BCUT2D eigenvalue weighted by molar-refractivity contribution is -0.133. The number of pyridine rings is 1. The first-order valence-corrected chi connectivity index (χ1v) is 17.4. The van der Waals surface area contributed by atoms with Gasteiger partial charge in [0, 0.05) is 73.6 Å². The summed E-state index contributed by atoms with van der Waals surface area (Å²) in [6, 6.07) is 16.9. The fourth-order valence-corrected chi connectivity index (χ4v) is 6.66. The maximum absolute atomic E-state index is 13.8. The van der Waals surface area contributed by atoms with Crippen LogP contribution in [0.5, 0.6) is 5.88 Å². The largest absolute Gasteiger partial charge is 0.475 e. The van der Waals surface area contributed by atoms with Crippen molar-refractivity contribution in [2.75, 3.05) is 56.9 Å². The third-order valence-corrected chi connectivity index (χ3v) is 9.39. The average molecular weight is 680 g/mol. The van der Waals surface area contributed by atoms with E-state index >= 15 is 0 Å². The van der Waals surface area contributed by atoms with Crippen molar-refractivity contribution in [2.45, 2.75) is 52.1 Å². The number of amidine groups is 1. The van der Waals surface area contributed by atoms with Gasteiger partial charge >= 0.3 is 0 Å². The number of nitrogens with one attached hydrogen (secondary N) is 3. The molecule has 2 aromatic carbocycles. The van der Waals surface area contributed by atoms with Crippen molar-refractivity contribution in [1.82, 2.24) is 20.1 Å². The molecule has 2 aliphatic rings. The Morgan fingerprint density at radius 1 is 1.06 bits per heavy atom. The molecule has 12 heteroatoms. The van der Waals surface area contributed by atoms with E-state index in [9.17, 15) is 9.59 Å². The van der Waals surface area contributed by atoms with Gasteiger partial charge in [0.2, 0.25) is 17.7 Å². The van der Waals surface area contributed by atoms with Crippen molar-refractivity contribution in [3.05, 3.63) is 83.0 Å². The lowest BCUT2D eigenvalue weighted by Gasteiger charge is -2.33. The highest BCUT2D eigenvalue weighted by atomic mass is 16.5. The highest BCUT2D eigenvalue weighted by Crippen LogP contribution is 2.30. The van der Waals surface area contributed by atoms with Gasteiger partial charge in [0.05, 0.1) is 30.6 Å². The Bertz CT molecular complexity index is 1700. The third-order valence-electron chi connectivity index (χ3n) is 9.39. The number of likely N-dealkylation sites (tertiary alicyclic amines) is 2. The number of carbonyl (C=O) groups excluding carboxylic acids is 2. The molecule has 2 saturated heterocycles. The number of nitrogens with zero attached hydrogens (tertiary/aromatic N) is 5. The number of aliphatic imine (C=N–C) groups is 1. The Morgan fingerprint density at radius 3 is 2.42 bits per heavy atom. The molecule has 1 aromatic heterocycles. The summed E-state index contributed by atoms with van der Waals surface area (Å²) in [5.41, 5.74) is 10.8. The van der Waals surface area contributed by atoms with Crippen molar-refractivity contribution in [2.24, 2.45) is 10.9 Å². The molecule has 0 spiro atoms. The molecule has 0 aliphatic carbocycles. The first-order valence-electron chi connectivity index (χ1n) is 17.4. The molecule has 2 amide bonds. The number of aromatic nitrogens is 1. The summed E-state index contributed by atoms with van der Waals surface area (Å²) >= 11 is 0. The summed E-state index contributed by atoms with van der Waals surface area (Å²) < 4.78 is 5.63. The zero-order valence-electron chi connectivity index (χ0n) is 29.5. The number of amides is 2. The molecule has 0 radical (unpaired) electrons. The second-order valence-corrected chi connectivity index (χ2v) is 13.2. The van der Waals surface area contributed by atoms with Crippen molar-refractivity contribution >= 4 is 41.1 Å². The Labute approximate surface area is 294 Å². The van der Waals surface area contributed by atoms with Crippen LogP contribution in [0.15, 0.2) is 65.8 Å². The molecule has 3 heterocycles. The number of nitrogens with two attached hydrogens (primary N) is 1. The molecule has 2 aliphatic heterocycles. The highest BCUT2D eigenvalue weighted by molar-refractivity contribution is 6.14. The van der Waals surface area contributed by atoms with E-state index in [0.29, 0.717) is 80.0 Å². The maximum Gasteiger partial charge on any atom is 0.236 e. The smallest absolute Gasteiger partial charge is 0.236 e. The van der Waals surface area contributed by atoms with Crippen LogP contribution in [-0.4, -0.2) is 96.9 Å². The normalized spacial score (nSPS) is 16.9. The van der Waals surface area contributed by atoms with Crippen LogP contribution in [-0.2, 0) is 9.59 Å². The maximum atomic E-state index is 13.8. The van der Waals surface area contributed by atoms with Gasteiger partial charge in [-0.3, -0.25) is 25.3 Å². The van der Waals surface area contributed by atoms with Gasteiger partial charge in [-0.2, -0.15) is 0 Å². The van der Waals surface area contributed by atoms with E-state index in [1.54, 1.807) is 42.4 Å². The van der Waals surface area contributed by atoms with Crippen LogP contribution in [0.1, 0.15) is 68.2 Å². The quantitative estimate of drug-likeness (QED) is 0.124. The van der Waals surface area contributed by atoms with E-state index in [-0.39, 0.29) is 35.4 Å². The SMILES string of the molecule is CCN(C(=O)[C@@H]1CCN(CC(=O)N2CCC(c3ccc(C(=N)/N=C\NC)cc3)CC2)C1)c1ccc(N)c(C(=N)c2ccc(OC(C)C)nc2)c1. The molecule has 0 saturated carbocycles. The minimum Gasteiger partial charge on any atom is -0.475 e. The van der Waals surface area contributed by atoms with Crippen molar-refractivity contribution in [3.63, 3.8) is 0 Å². The summed E-state index contributed by atoms with van der Waals surface area (Å²) in [6.07, 6.45) is 5.56. The van der Waals surface area contributed by atoms with Gasteiger partial charge in [-0.1, -0.05) is 24.3 Å². The van der Waals surface area contributed by atoms with Gasteiger partial charge in [0.1, 0.15) is 0 Å². The van der Waals surface area contributed by atoms with Gasteiger partial charge in [0.15, 0.2) is 5.84 Å². The van der Waals surface area contributed by atoms with E-state index in [4.69, 9.17) is 21.3 Å². The molecule has 12 nitrogen and oxygen atoms in total. The van der Waals surface area contributed by atoms with Crippen molar-refractivity contribution in [3.8, 4) is 5.88 Å². The average Bonchev–Trinajstić information content (AvgIpc) is 3.60. The number of ether oxygens (including phenoxy) is 1. The molecular weight excluding hydrogens is 630 g/mol. The van der Waals surface area contributed by atoms with Gasteiger partial charge in [0.25, 0.3) is 0 Å².